The minimum Gasteiger partial charge on any atom is -0.497 e. The number of halogens is 1. The first-order chi connectivity index (χ1) is 9.60. The number of hydrogen-bond donors (Lipinski definition) is 0. The molecule has 5 heteroatoms. The van der Waals surface area contributed by atoms with E-state index in [1.54, 1.807) is 24.8 Å². The van der Waals surface area contributed by atoms with E-state index >= 15 is 0 Å². The van der Waals surface area contributed by atoms with Gasteiger partial charge in [-0.2, -0.15) is 0 Å². The molecule has 0 fully saturated rings. The number of pyridine rings is 1. The van der Waals surface area contributed by atoms with E-state index in [0.717, 1.165) is 16.0 Å². The highest BCUT2D eigenvalue weighted by atomic mass is 79.9. The highest BCUT2D eigenvalue weighted by Crippen LogP contribution is 2.17. The molecule has 0 N–H and O–H groups in total. The number of ether oxygens (including phenoxy) is 2. The quantitative estimate of drug-likeness (QED) is 0.842. The zero-order chi connectivity index (χ0) is 14.5. The normalized spacial score (nSPS) is 10.3. The van der Waals surface area contributed by atoms with Crippen LogP contribution in [0.3, 0.4) is 0 Å². The Bertz CT molecular complexity index is 635. The molecule has 1 heterocycles. The molecule has 0 atom stereocenters. The highest BCUT2D eigenvalue weighted by Gasteiger charge is 2.02. The van der Waals surface area contributed by atoms with Crippen molar-refractivity contribution in [3.05, 3.63) is 56.9 Å². The Labute approximate surface area is 126 Å². The predicted octanol–water partition coefficient (Wildman–Crippen LogP) is 3.01. The Kier molecular flexibility index (Phi) is 4.84. The summed E-state index contributed by atoms with van der Waals surface area (Å²) in [6, 6.07) is 9.17. The largest absolute Gasteiger partial charge is 0.497 e. The summed E-state index contributed by atoms with van der Waals surface area (Å²) in [4.78, 5) is 11.9. The van der Waals surface area contributed by atoms with Gasteiger partial charge in [-0.1, -0.05) is 0 Å². The minimum atomic E-state index is 0.00605. The maximum absolute atomic E-state index is 11.9. The van der Waals surface area contributed by atoms with Gasteiger partial charge in [0, 0.05) is 16.2 Å². The first-order valence-corrected chi connectivity index (χ1v) is 7.03. The topological polar surface area (TPSA) is 40.5 Å². The van der Waals surface area contributed by atoms with Gasteiger partial charge in [-0.05, 0) is 53.2 Å². The van der Waals surface area contributed by atoms with E-state index in [4.69, 9.17) is 9.47 Å². The van der Waals surface area contributed by atoms with E-state index in [0.29, 0.717) is 18.7 Å². The number of aryl methyl sites for hydroxylation is 1. The van der Waals surface area contributed by atoms with Gasteiger partial charge < -0.3 is 14.0 Å². The van der Waals surface area contributed by atoms with Gasteiger partial charge in [0.15, 0.2) is 0 Å². The molecule has 20 heavy (non-hydrogen) atoms. The molecule has 0 saturated carbocycles. The van der Waals surface area contributed by atoms with Crippen molar-refractivity contribution in [1.29, 1.82) is 0 Å². The van der Waals surface area contributed by atoms with Gasteiger partial charge in [0.25, 0.3) is 5.56 Å². The fourth-order valence-corrected chi connectivity index (χ4v) is 2.43. The van der Waals surface area contributed by atoms with Gasteiger partial charge in [0.05, 0.1) is 13.7 Å². The van der Waals surface area contributed by atoms with Crippen LogP contribution in [0.15, 0.2) is 45.8 Å². The number of benzene rings is 1. The Hall–Kier alpha value is -1.75. The van der Waals surface area contributed by atoms with Crippen LogP contribution in [0.1, 0.15) is 5.56 Å². The van der Waals surface area contributed by atoms with Crippen LogP contribution >= 0.6 is 15.9 Å². The molecule has 0 aliphatic heterocycles. The zero-order valence-electron chi connectivity index (χ0n) is 11.4. The molecule has 0 bridgehead atoms. The van der Waals surface area contributed by atoms with Crippen molar-refractivity contribution in [2.24, 2.45) is 0 Å². The van der Waals surface area contributed by atoms with Crippen molar-refractivity contribution < 1.29 is 9.47 Å². The van der Waals surface area contributed by atoms with E-state index in [-0.39, 0.29) is 5.56 Å². The Morgan fingerprint density at radius 3 is 2.50 bits per heavy atom. The van der Waals surface area contributed by atoms with Crippen molar-refractivity contribution >= 4 is 15.9 Å². The van der Waals surface area contributed by atoms with Crippen LogP contribution in [-0.2, 0) is 6.54 Å². The number of hydrogen-bond acceptors (Lipinski definition) is 3. The molecule has 1 aromatic carbocycles. The third-order valence-corrected chi connectivity index (χ3v) is 3.33. The molecule has 0 radical (unpaired) electrons. The molecule has 0 aliphatic carbocycles. The van der Waals surface area contributed by atoms with E-state index in [1.165, 1.54) is 0 Å². The van der Waals surface area contributed by atoms with Gasteiger partial charge in [-0.15, -0.1) is 0 Å². The van der Waals surface area contributed by atoms with Crippen LogP contribution in [-0.4, -0.2) is 18.3 Å². The van der Waals surface area contributed by atoms with Gasteiger partial charge >= 0.3 is 0 Å². The zero-order valence-corrected chi connectivity index (χ0v) is 13.0. The smallest absolute Gasteiger partial charge is 0.253 e. The second kappa shape index (κ2) is 6.61. The summed E-state index contributed by atoms with van der Waals surface area (Å²) in [5, 5.41) is 0. The van der Waals surface area contributed by atoms with Crippen molar-refractivity contribution in [2.75, 3.05) is 13.7 Å². The van der Waals surface area contributed by atoms with Crippen LogP contribution in [0.5, 0.6) is 11.5 Å². The van der Waals surface area contributed by atoms with Crippen molar-refractivity contribution in [3.8, 4) is 11.5 Å². The van der Waals surface area contributed by atoms with Crippen LogP contribution < -0.4 is 15.0 Å². The van der Waals surface area contributed by atoms with Crippen molar-refractivity contribution in [2.45, 2.75) is 13.5 Å². The van der Waals surface area contributed by atoms with E-state index < -0.39 is 0 Å². The molecule has 0 aliphatic rings. The maximum atomic E-state index is 11.9. The maximum Gasteiger partial charge on any atom is 0.253 e. The first kappa shape index (κ1) is 14.7. The van der Waals surface area contributed by atoms with Gasteiger partial charge in [-0.3, -0.25) is 4.79 Å². The monoisotopic (exact) mass is 337 g/mol. The SMILES string of the molecule is COc1ccc(OCCn2cc(Br)cc(C)c2=O)cc1. The third-order valence-electron chi connectivity index (χ3n) is 2.89. The van der Waals surface area contributed by atoms with Gasteiger partial charge in [0.2, 0.25) is 0 Å². The predicted molar refractivity (Wildman–Crippen MR) is 81.6 cm³/mol. The fourth-order valence-electron chi connectivity index (χ4n) is 1.84. The summed E-state index contributed by atoms with van der Waals surface area (Å²) in [7, 11) is 1.62. The van der Waals surface area contributed by atoms with Gasteiger partial charge in [0.1, 0.15) is 18.1 Å². The van der Waals surface area contributed by atoms with E-state index in [1.807, 2.05) is 30.3 Å². The third kappa shape index (κ3) is 3.63. The molecule has 0 spiro atoms. The molecule has 2 rings (SSSR count). The molecule has 106 valence electrons. The molecule has 0 saturated heterocycles. The molecule has 2 aromatic rings. The van der Waals surface area contributed by atoms with Crippen LogP contribution in [0.25, 0.3) is 0 Å². The Balaban J connectivity index is 1.97. The Morgan fingerprint density at radius 2 is 1.85 bits per heavy atom. The second-order valence-electron chi connectivity index (χ2n) is 4.36. The van der Waals surface area contributed by atoms with Crippen LogP contribution in [0, 0.1) is 6.92 Å². The fraction of sp³-hybridized carbons (Fsp3) is 0.267. The second-order valence-corrected chi connectivity index (χ2v) is 5.28. The summed E-state index contributed by atoms with van der Waals surface area (Å²) in [6.07, 6.45) is 1.77. The van der Waals surface area contributed by atoms with Crippen LogP contribution in [0.2, 0.25) is 0 Å². The van der Waals surface area contributed by atoms with E-state index in [2.05, 4.69) is 15.9 Å². The average Bonchev–Trinajstić information content (AvgIpc) is 2.44. The number of rotatable bonds is 5. The molecular weight excluding hydrogens is 322 g/mol. The number of methoxy groups -OCH3 is 1. The lowest BCUT2D eigenvalue weighted by atomic mass is 10.3. The summed E-state index contributed by atoms with van der Waals surface area (Å²) in [5.41, 5.74) is 0.718. The van der Waals surface area contributed by atoms with Gasteiger partial charge in [-0.25, -0.2) is 0 Å². The summed E-state index contributed by atoms with van der Waals surface area (Å²) < 4.78 is 13.2. The molecule has 0 amide bonds. The lowest BCUT2D eigenvalue weighted by Crippen LogP contribution is -2.24. The minimum absolute atomic E-state index is 0.00605. The first-order valence-electron chi connectivity index (χ1n) is 6.23. The summed E-state index contributed by atoms with van der Waals surface area (Å²) in [6.45, 7) is 2.74. The summed E-state index contributed by atoms with van der Waals surface area (Å²) >= 11 is 3.39. The highest BCUT2D eigenvalue weighted by molar-refractivity contribution is 9.10. The number of aromatic nitrogens is 1. The van der Waals surface area contributed by atoms with Crippen LogP contribution in [0.4, 0.5) is 0 Å². The van der Waals surface area contributed by atoms with Crippen molar-refractivity contribution in [1.82, 2.24) is 4.57 Å². The molecule has 0 unspecified atom stereocenters. The molecular formula is C15H16BrNO3. The number of nitrogens with zero attached hydrogens (tertiary/aromatic N) is 1. The van der Waals surface area contributed by atoms with E-state index in [9.17, 15) is 4.79 Å². The van der Waals surface area contributed by atoms with Crippen molar-refractivity contribution in [3.63, 3.8) is 0 Å². The lowest BCUT2D eigenvalue weighted by Gasteiger charge is -2.10. The molecule has 4 nitrogen and oxygen atoms in total. The molecule has 1 aromatic heterocycles. The standard InChI is InChI=1S/C15H16BrNO3/c1-11-9-12(16)10-17(15(11)18)7-8-20-14-5-3-13(19-2)4-6-14/h3-6,9-10H,7-8H2,1-2H3. The summed E-state index contributed by atoms with van der Waals surface area (Å²) in [5.74, 6) is 1.54. The average molecular weight is 338 g/mol. The Morgan fingerprint density at radius 1 is 1.20 bits per heavy atom. The lowest BCUT2D eigenvalue weighted by molar-refractivity contribution is 0.295.